The third-order valence-electron chi connectivity index (χ3n) is 3.86. The monoisotopic (exact) mass is 435 g/mol. The predicted molar refractivity (Wildman–Crippen MR) is 99.9 cm³/mol. The Kier molecular flexibility index (Phi) is 6.27. The van der Waals surface area contributed by atoms with E-state index in [9.17, 15) is 28.2 Å². The average molecular weight is 436 g/mol. The lowest BCUT2D eigenvalue weighted by molar-refractivity contribution is -0.154. The highest BCUT2D eigenvalue weighted by atomic mass is 35.5. The smallest absolute Gasteiger partial charge is 0.419 e. The number of aromatic nitrogens is 2. The second-order valence-electron chi connectivity index (χ2n) is 7.32. The lowest BCUT2D eigenvalue weighted by atomic mass is 10.1. The maximum absolute atomic E-state index is 12.8. The second kappa shape index (κ2) is 8.02. The summed E-state index contributed by atoms with van der Waals surface area (Å²) in [6.45, 7) is 6.69. The Morgan fingerprint density at radius 1 is 1.24 bits per heavy atom. The molecule has 3 N–H and O–H groups in total. The van der Waals surface area contributed by atoms with Crippen molar-refractivity contribution in [2.75, 3.05) is 5.43 Å². The predicted octanol–water partition coefficient (Wildman–Crippen LogP) is 4.42. The normalized spacial score (nSPS) is 12.1. The molecule has 0 aromatic carbocycles. The highest BCUT2D eigenvalue weighted by Gasteiger charge is 2.34. The number of aromatic hydroxyl groups is 2. The Hall–Kier alpha value is -2.62. The Morgan fingerprint density at radius 2 is 1.86 bits per heavy atom. The molecule has 7 nitrogen and oxygen atoms in total. The molecule has 0 radical (unpaired) electrons. The van der Waals surface area contributed by atoms with Crippen LogP contribution < -0.4 is 5.43 Å². The van der Waals surface area contributed by atoms with Gasteiger partial charge in [-0.05, 0) is 46.2 Å². The minimum absolute atomic E-state index is 0.0422. The maximum atomic E-state index is 12.8. The van der Waals surface area contributed by atoms with Crippen LogP contribution in [0.2, 0.25) is 5.15 Å². The lowest BCUT2D eigenvalue weighted by Gasteiger charge is -2.19. The van der Waals surface area contributed by atoms with Gasteiger partial charge in [0.05, 0.1) is 5.56 Å². The van der Waals surface area contributed by atoms with Crippen LogP contribution in [0, 0.1) is 6.92 Å². The number of hydrogen-bond donors (Lipinski definition) is 3. The van der Waals surface area contributed by atoms with Crippen LogP contribution in [-0.4, -0.2) is 31.4 Å². The van der Waals surface area contributed by atoms with Gasteiger partial charge in [-0.15, -0.1) is 0 Å². The molecule has 2 rings (SSSR count). The number of pyridine rings is 1. The molecule has 160 valence electrons. The molecule has 0 saturated heterocycles. The molecule has 0 aliphatic rings. The zero-order chi connectivity index (χ0) is 22.1. The van der Waals surface area contributed by atoms with Crippen molar-refractivity contribution in [3.63, 3.8) is 0 Å². The summed E-state index contributed by atoms with van der Waals surface area (Å²) in [7, 11) is 0. The van der Waals surface area contributed by atoms with Crippen molar-refractivity contribution in [3.8, 4) is 11.8 Å². The largest absolute Gasteiger partial charge is 0.493 e. The van der Waals surface area contributed by atoms with Crippen LogP contribution in [-0.2, 0) is 22.1 Å². The molecular formula is C18H21ClF3N3O4. The summed E-state index contributed by atoms with van der Waals surface area (Å²) in [6, 6.07) is 1.73. The number of ether oxygens (including phenoxy) is 1. The van der Waals surface area contributed by atoms with Gasteiger partial charge in [-0.3, -0.25) is 10.2 Å². The van der Waals surface area contributed by atoms with Crippen LogP contribution in [0.1, 0.15) is 43.9 Å². The molecule has 0 aliphatic carbocycles. The Labute approximate surface area is 170 Å². The average Bonchev–Trinajstić information content (AvgIpc) is 2.74. The summed E-state index contributed by atoms with van der Waals surface area (Å²) in [5.41, 5.74) is 1.28. The summed E-state index contributed by atoms with van der Waals surface area (Å²) in [5, 5.41) is 19.9. The quantitative estimate of drug-likeness (QED) is 0.475. The first-order valence-electron chi connectivity index (χ1n) is 8.55. The second-order valence-corrected chi connectivity index (χ2v) is 7.68. The van der Waals surface area contributed by atoms with Gasteiger partial charge in [0.2, 0.25) is 11.8 Å². The number of rotatable bonds is 5. The fourth-order valence-electron chi connectivity index (χ4n) is 2.55. The molecule has 0 fully saturated rings. The van der Waals surface area contributed by atoms with Gasteiger partial charge in [-0.1, -0.05) is 11.6 Å². The number of hydrogen-bond acceptors (Lipinski definition) is 6. The molecule has 0 saturated carbocycles. The van der Waals surface area contributed by atoms with Gasteiger partial charge in [0.15, 0.2) is 0 Å². The van der Waals surface area contributed by atoms with Crippen molar-refractivity contribution in [3.05, 3.63) is 34.0 Å². The minimum atomic E-state index is -4.66. The topological polar surface area (TPSA) is 96.6 Å². The highest BCUT2D eigenvalue weighted by molar-refractivity contribution is 6.30. The number of carbonyl (C=O) groups excluding carboxylic acids is 1. The van der Waals surface area contributed by atoms with E-state index in [1.807, 2.05) is 0 Å². The van der Waals surface area contributed by atoms with Crippen molar-refractivity contribution in [1.82, 2.24) is 9.66 Å². The standard InChI is InChI=1S/C18H21ClF3N3O4/c1-9-10(5-8-13(26)29-17(2,3)4)16(28)25(15(9)27)24-12-7-6-11(14(19)23-12)18(20,21)22/h6-7,27-28H,5,8H2,1-4H3,(H,23,24). The summed E-state index contributed by atoms with van der Waals surface area (Å²) in [4.78, 5) is 15.5. The molecule has 29 heavy (non-hydrogen) atoms. The third kappa shape index (κ3) is 5.47. The van der Waals surface area contributed by atoms with Crippen molar-refractivity contribution in [1.29, 1.82) is 0 Å². The van der Waals surface area contributed by atoms with Crippen LogP contribution in [0.15, 0.2) is 12.1 Å². The maximum Gasteiger partial charge on any atom is 0.419 e. The van der Waals surface area contributed by atoms with Crippen LogP contribution in [0.5, 0.6) is 11.8 Å². The van der Waals surface area contributed by atoms with E-state index in [2.05, 4.69) is 10.4 Å². The van der Waals surface area contributed by atoms with Gasteiger partial charge in [0.1, 0.15) is 16.6 Å². The Bertz CT molecular complexity index is 921. The molecular weight excluding hydrogens is 415 g/mol. The number of anilines is 1. The molecule has 0 atom stereocenters. The van der Waals surface area contributed by atoms with Crippen LogP contribution in [0.3, 0.4) is 0 Å². The Morgan fingerprint density at radius 3 is 2.38 bits per heavy atom. The number of nitrogens with one attached hydrogen (secondary N) is 1. The zero-order valence-electron chi connectivity index (χ0n) is 16.2. The highest BCUT2D eigenvalue weighted by Crippen LogP contribution is 2.36. The van der Waals surface area contributed by atoms with E-state index in [0.717, 1.165) is 16.8 Å². The summed E-state index contributed by atoms with van der Waals surface area (Å²) >= 11 is 5.58. The first-order valence-corrected chi connectivity index (χ1v) is 8.93. The van der Waals surface area contributed by atoms with Crippen molar-refractivity contribution in [2.24, 2.45) is 0 Å². The summed E-state index contributed by atoms with van der Waals surface area (Å²) in [5.74, 6) is -1.42. The van der Waals surface area contributed by atoms with Crippen LogP contribution in [0.4, 0.5) is 19.0 Å². The first-order chi connectivity index (χ1) is 13.2. The van der Waals surface area contributed by atoms with Gasteiger partial charge < -0.3 is 14.9 Å². The van der Waals surface area contributed by atoms with Crippen molar-refractivity contribution >= 4 is 23.4 Å². The number of esters is 1. The molecule has 0 amide bonds. The van der Waals surface area contributed by atoms with E-state index in [4.69, 9.17) is 16.3 Å². The molecule has 0 aliphatic heterocycles. The van der Waals surface area contributed by atoms with Gasteiger partial charge >= 0.3 is 12.1 Å². The van der Waals surface area contributed by atoms with Crippen LogP contribution in [0.25, 0.3) is 0 Å². The molecule has 2 aromatic heterocycles. The fourth-order valence-corrected chi connectivity index (χ4v) is 2.81. The Balaban J connectivity index is 2.22. The van der Waals surface area contributed by atoms with E-state index in [1.54, 1.807) is 20.8 Å². The van der Waals surface area contributed by atoms with E-state index in [1.165, 1.54) is 6.92 Å². The van der Waals surface area contributed by atoms with Crippen molar-refractivity contribution < 1.29 is 32.9 Å². The minimum Gasteiger partial charge on any atom is -0.493 e. The molecule has 0 bridgehead atoms. The molecule has 0 spiro atoms. The fraction of sp³-hybridized carbons (Fsp3) is 0.444. The lowest BCUT2D eigenvalue weighted by Crippen LogP contribution is -2.24. The summed E-state index contributed by atoms with van der Waals surface area (Å²) in [6.07, 6.45) is -4.62. The molecule has 0 unspecified atom stereocenters. The van der Waals surface area contributed by atoms with Crippen LogP contribution >= 0.6 is 11.6 Å². The summed E-state index contributed by atoms with van der Waals surface area (Å²) < 4.78 is 44.4. The van der Waals surface area contributed by atoms with Gasteiger partial charge in [-0.25, -0.2) is 4.98 Å². The zero-order valence-corrected chi connectivity index (χ0v) is 16.9. The number of halogens is 4. The molecule has 2 aromatic rings. The molecule has 2 heterocycles. The van der Waals surface area contributed by atoms with E-state index in [0.29, 0.717) is 0 Å². The first kappa shape index (κ1) is 22.7. The molecule has 11 heteroatoms. The van der Waals surface area contributed by atoms with Gasteiger partial charge in [-0.2, -0.15) is 17.8 Å². The van der Waals surface area contributed by atoms with Crippen molar-refractivity contribution in [2.45, 2.75) is 52.3 Å². The number of carbonyl (C=O) groups is 1. The van der Waals surface area contributed by atoms with E-state index in [-0.39, 0.29) is 35.7 Å². The van der Waals surface area contributed by atoms with Gasteiger partial charge in [0.25, 0.3) is 0 Å². The number of nitrogens with zero attached hydrogens (tertiary/aromatic N) is 2. The van der Waals surface area contributed by atoms with Gasteiger partial charge in [0, 0.05) is 17.5 Å². The number of alkyl halides is 3. The van der Waals surface area contributed by atoms with E-state index < -0.39 is 34.3 Å². The van der Waals surface area contributed by atoms with E-state index >= 15 is 0 Å². The SMILES string of the molecule is Cc1c(CCC(=O)OC(C)(C)C)c(O)n(Nc2ccc(C(F)(F)F)c(Cl)n2)c1O. The third-order valence-corrected chi connectivity index (χ3v) is 4.15.